The number of oxazole rings is 1. The van der Waals surface area contributed by atoms with Crippen LogP contribution >= 0.6 is 15.9 Å². The lowest BCUT2D eigenvalue weighted by Crippen LogP contribution is -2.26. The minimum Gasteiger partial charge on any atom is -0.507 e. The number of hydrogen-bond acceptors (Lipinski definition) is 4. The molecule has 0 saturated heterocycles. The highest BCUT2D eigenvalue weighted by molar-refractivity contribution is 9.10. The van der Waals surface area contributed by atoms with E-state index in [0.717, 1.165) is 4.47 Å². The number of benzene rings is 1. The second kappa shape index (κ2) is 5.44. The van der Waals surface area contributed by atoms with Gasteiger partial charge in [0.05, 0.1) is 11.8 Å². The summed E-state index contributed by atoms with van der Waals surface area (Å²) in [5.41, 5.74) is 0.199. The molecule has 1 heterocycles. The first-order valence-electron chi connectivity index (χ1n) is 5.69. The lowest BCUT2D eigenvalue weighted by atomic mass is 10.2. The molecule has 1 unspecified atom stereocenters. The Labute approximate surface area is 118 Å². The zero-order valence-corrected chi connectivity index (χ0v) is 12.1. The summed E-state index contributed by atoms with van der Waals surface area (Å²) in [6.07, 6.45) is 1.59. The molecule has 0 radical (unpaired) electrons. The first-order chi connectivity index (χ1) is 8.97. The Bertz CT molecular complexity index is 610. The van der Waals surface area contributed by atoms with E-state index in [0.29, 0.717) is 11.7 Å². The maximum absolute atomic E-state index is 12.0. The number of rotatable bonds is 3. The first kappa shape index (κ1) is 13.6. The van der Waals surface area contributed by atoms with Crippen molar-refractivity contribution in [3.63, 3.8) is 0 Å². The van der Waals surface area contributed by atoms with E-state index < -0.39 is 0 Å². The van der Waals surface area contributed by atoms with Crippen LogP contribution in [0.4, 0.5) is 0 Å². The van der Waals surface area contributed by atoms with E-state index in [1.165, 1.54) is 6.07 Å². The van der Waals surface area contributed by atoms with Crippen LogP contribution in [-0.4, -0.2) is 16.0 Å². The van der Waals surface area contributed by atoms with Crippen molar-refractivity contribution >= 4 is 21.8 Å². The Morgan fingerprint density at radius 3 is 2.89 bits per heavy atom. The molecule has 1 atom stereocenters. The Morgan fingerprint density at radius 1 is 1.53 bits per heavy atom. The van der Waals surface area contributed by atoms with Gasteiger partial charge in [-0.25, -0.2) is 4.98 Å². The van der Waals surface area contributed by atoms with E-state index in [4.69, 9.17) is 4.42 Å². The van der Waals surface area contributed by atoms with Gasteiger partial charge in [0.1, 0.15) is 17.6 Å². The Kier molecular flexibility index (Phi) is 3.90. The molecule has 1 amide bonds. The molecule has 2 aromatic rings. The first-order valence-corrected chi connectivity index (χ1v) is 6.48. The normalized spacial score (nSPS) is 12.2. The predicted molar refractivity (Wildman–Crippen MR) is 72.9 cm³/mol. The van der Waals surface area contributed by atoms with Gasteiger partial charge < -0.3 is 14.8 Å². The summed E-state index contributed by atoms with van der Waals surface area (Å²) in [6, 6.07) is 4.30. The zero-order valence-electron chi connectivity index (χ0n) is 10.5. The summed E-state index contributed by atoms with van der Waals surface area (Å²) in [4.78, 5) is 16.1. The highest BCUT2D eigenvalue weighted by Gasteiger charge is 2.17. The number of halogens is 1. The van der Waals surface area contributed by atoms with Crippen molar-refractivity contribution in [3.8, 4) is 5.75 Å². The number of aryl methyl sites for hydroxylation is 1. The van der Waals surface area contributed by atoms with Gasteiger partial charge in [-0.2, -0.15) is 0 Å². The molecule has 0 spiro atoms. The van der Waals surface area contributed by atoms with Gasteiger partial charge >= 0.3 is 0 Å². The number of phenols is 1. The third-order valence-electron chi connectivity index (χ3n) is 2.56. The third kappa shape index (κ3) is 3.14. The van der Waals surface area contributed by atoms with Gasteiger partial charge in [-0.15, -0.1) is 0 Å². The van der Waals surface area contributed by atoms with Crippen molar-refractivity contribution in [2.45, 2.75) is 19.9 Å². The monoisotopic (exact) mass is 324 g/mol. The molecule has 5 nitrogen and oxygen atoms in total. The van der Waals surface area contributed by atoms with Crippen molar-refractivity contribution in [1.29, 1.82) is 0 Å². The lowest BCUT2D eigenvalue weighted by Gasteiger charge is -2.11. The van der Waals surface area contributed by atoms with Crippen LogP contribution in [0, 0.1) is 6.92 Å². The van der Waals surface area contributed by atoms with Gasteiger partial charge in [-0.05, 0) is 32.0 Å². The van der Waals surface area contributed by atoms with Crippen molar-refractivity contribution in [3.05, 3.63) is 46.1 Å². The Balaban J connectivity index is 2.15. The molecule has 0 aliphatic carbocycles. The van der Waals surface area contributed by atoms with Crippen LogP contribution in [0.3, 0.4) is 0 Å². The van der Waals surface area contributed by atoms with Gasteiger partial charge in [0.2, 0.25) is 5.89 Å². The number of nitrogens with zero attached hydrogens (tertiary/aromatic N) is 1. The number of nitrogens with one attached hydrogen (secondary N) is 1. The Hall–Kier alpha value is -1.82. The average Bonchev–Trinajstić information content (AvgIpc) is 2.79. The molecule has 100 valence electrons. The molecule has 2 rings (SSSR count). The summed E-state index contributed by atoms with van der Waals surface area (Å²) >= 11 is 3.26. The van der Waals surface area contributed by atoms with Crippen molar-refractivity contribution in [1.82, 2.24) is 10.3 Å². The fraction of sp³-hybridized carbons (Fsp3) is 0.231. The summed E-state index contributed by atoms with van der Waals surface area (Å²) < 4.78 is 6.06. The number of carbonyl (C=O) groups is 1. The quantitative estimate of drug-likeness (QED) is 0.910. The van der Waals surface area contributed by atoms with Crippen molar-refractivity contribution in [2.75, 3.05) is 0 Å². The molecule has 0 aliphatic heterocycles. The van der Waals surface area contributed by atoms with Crippen LogP contribution in [0.25, 0.3) is 0 Å². The number of carbonyl (C=O) groups excluding carboxylic acids is 1. The van der Waals surface area contributed by atoms with E-state index in [-0.39, 0.29) is 23.3 Å². The van der Waals surface area contributed by atoms with E-state index >= 15 is 0 Å². The molecule has 1 aromatic heterocycles. The molecular weight excluding hydrogens is 312 g/mol. The summed E-state index contributed by atoms with van der Waals surface area (Å²) in [5, 5.41) is 12.4. The molecule has 1 aromatic carbocycles. The smallest absolute Gasteiger partial charge is 0.255 e. The van der Waals surface area contributed by atoms with Gasteiger partial charge in [0, 0.05) is 4.47 Å². The van der Waals surface area contributed by atoms with Gasteiger partial charge in [-0.3, -0.25) is 4.79 Å². The zero-order chi connectivity index (χ0) is 14.0. The van der Waals surface area contributed by atoms with Crippen LogP contribution in [-0.2, 0) is 0 Å². The highest BCUT2D eigenvalue weighted by Crippen LogP contribution is 2.22. The molecular formula is C13H13BrN2O3. The molecule has 0 bridgehead atoms. The van der Waals surface area contributed by atoms with E-state index in [1.807, 2.05) is 0 Å². The minimum atomic E-state index is -0.387. The Morgan fingerprint density at radius 2 is 2.26 bits per heavy atom. The molecule has 0 fully saturated rings. The van der Waals surface area contributed by atoms with Crippen molar-refractivity contribution in [2.24, 2.45) is 0 Å². The van der Waals surface area contributed by atoms with Crippen LogP contribution in [0.1, 0.15) is 35.0 Å². The van der Waals surface area contributed by atoms with Crippen LogP contribution in [0.15, 0.2) is 33.3 Å². The second-order valence-corrected chi connectivity index (χ2v) is 5.08. The fourth-order valence-corrected chi connectivity index (χ4v) is 1.96. The van der Waals surface area contributed by atoms with E-state index in [9.17, 15) is 9.90 Å². The number of amides is 1. The fourth-order valence-electron chi connectivity index (χ4n) is 1.60. The minimum absolute atomic E-state index is 0.0727. The van der Waals surface area contributed by atoms with Crippen LogP contribution in [0.2, 0.25) is 0 Å². The highest BCUT2D eigenvalue weighted by atomic mass is 79.9. The molecule has 2 N–H and O–H groups in total. The summed E-state index contributed by atoms with van der Waals surface area (Å²) in [5.74, 6) is 0.653. The van der Waals surface area contributed by atoms with Gasteiger partial charge in [0.25, 0.3) is 5.91 Å². The molecule has 0 aliphatic rings. The van der Waals surface area contributed by atoms with Crippen LogP contribution in [0.5, 0.6) is 5.75 Å². The lowest BCUT2D eigenvalue weighted by molar-refractivity contribution is 0.0931. The summed E-state index contributed by atoms with van der Waals surface area (Å²) in [6.45, 7) is 3.55. The summed E-state index contributed by atoms with van der Waals surface area (Å²) in [7, 11) is 0. The SMILES string of the molecule is Cc1cnc(C(C)NC(=O)c2cc(Br)ccc2O)o1. The maximum Gasteiger partial charge on any atom is 0.255 e. The topological polar surface area (TPSA) is 75.4 Å². The number of aromatic nitrogens is 1. The van der Waals surface area contributed by atoms with Crippen molar-refractivity contribution < 1.29 is 14.3 Å². The number of aromatic hydroxyl groups is 1. The van der Waals surface area contributed by atoms with Crippen LogP contribution < -0.4 is 5.32 Å². The number of phenolic OH excluding ortho intramolecular Hbond substituents is 1. The average molecular weight is 325 g/mol. The number of hydrogen-bond donors (Lipinski definition) is 2. The molecule has 19 heavy (non-hydrogen) atoms. The maximum atomic E-state index is 12.0. The molecule has 0 saturated carbocycles. The van der Waals surface area contributed by atoms with E-state index in [1.54, 1.807) is 32.2 Å². The van der Waals surface area contributed by atoms with E-state index in [2.05, 4.69) is 26.2 Å². The third-order valence-corrected chi connectivity index (χ3v) is 3.05. The predicted octanol–water partition coefficient (Wildman–Crippen LogP) is 2.94. The van der Waals surface area contributed by atoms with Gasteiger partial charge in [-0.1, -0.05) is 15.9 Å². The second-order valence-electron chi connectivity index (χ2n) is 4.17. The van der Waals surface area contributed by atoms with Gasteiger partial charge in [0.15, 0.2) is 0 Å². The molecule has 6 heteroatoms. The largest absolute Gasteiger partial charge is 0.507 e. The standard InChI is InChI=1S/C13H13BrN2O3/c1-7-6-15-13(19-7)8(2)16-12(18)10-5-9(14)3-4-11(10)17/h3-6,8,17H,1-2H3,(H,16,18).